The summed E-state index contributed by atoms with van der Waals surface area (Å²) in [4.78, 5) is 12.3. The van der Waals surface area contributed by atoms with Gasteiger partial charge in [-0.25, -0.2) is 4.79 Å². The molecule has 0 aliphatic heterocycles. The van der Waals surface area contributed by atoms with Crippen LogP contribution in [0.15, 0.2) is 53.0 Å². The summed E-state index contributed by atoms with van der Waals surface area (Å²) in [6.07, 6.45) is -0.521. The molecule has 1 N–H and O–H groups in total. The fourth-order valence-corrected chi connectivity index (χ4v) is 2.10. The lowest BCUT2D eigenvalue weighted by molar-refractivity contribution is 0.178. The highest BCUT2D eigenvalue weighted by atomic mass is 79.9. The molecule has 0 spiro atoms. The molecular formula is C16H14BrNO2S. The highest BCUT2D eigenvalue weighted by Crippen LogP contribution is 2.14. The van der Waals surface area contributed by atoms with E-state index in [9.17, 15) is 4.79 Å². The number of thiocarbonyl (C=S) groups is 1. The lowest BCUT2D eigenvalue weighted by Crippen LogP contribution is -2.18. The monoisotopic (exact) mass is 363 g/mol. The minimum Gasteiger partial charge on any atom is -0.444 e. The molecule has 0 unspecified atom stereocenters. The van der Waals surface area contributed by atoms with Crippen LogP contribution in [0.4, 0.5) is 10.5 Å². The Morgan fingerprint density at radius 2 is 1.76 bits per heavy atom. The predicted octanol–water partition coefficient (Wildman–Crippen LogP) is 4.72. The average molecular weight is 364 g/mol. The fraction of sp³-hybridized carbons (Fsp3) is 0.125. The van der Waals surface area contributed by atoms with Crippen LogP contribution >= 0.6 is 28.1 Å². The quantitative estimate of drug-likeness (QED) is 0.630. The van der Waals surface area contributed by atoms with E-state index >= 15 is 0 Å². The van der Waals surface area contributed by atoms with E-state index in [-0.39, 0.29) is 6.61 Å². The molecule has 2 rings (SSSR count). The SMILES string of the molecule is Cc1ccc(C(=S)COC(=O)Nc2ccc(Br)cc2)cc1. The Morgan fingerprint density at radius 3 is 2.38 bits per heavy atom. The molecule has 1 amide bonds. The molecular weight excluding hydrogens is 350 g/mol. The van der Waals surface area contributed by atoms with Crippen LogP contribution in [0.1, 0.15) is 11.1 Å². The van der Waals surface area contributed by atoms with Crippen molar-refractivity contribution >= 4 is 44.8 Å². The summed E-state index contributed by atoms with van der Waals surface area (Å²) in [6, 6.07) is 15.0. The van der Waals surface area contributed by atoms with Crippen LogP contribution in [0.3, 0.4) is 0 Å². The summed E-state index contributed by atoms with van der Waals surface area (Å²) in [7, 11) is 0. The first-order valence-electron chi connectivity index (χ1n) is 6.34. The maximum Gasteiger partial charge on any atom is 0.411 e. The van der Waals surface area contributed by atoms with E-state index in [2.05, 4.69) is 21.2 Å². The van der Waals surface area contributed by atoms with Gasteiger partial charge in [0.05, 0.1) is 4.86 Å². The molecule has 3 nitrogen and oxygen atoms in total. The van der Waals surface area contributed by atoms with Crippen LogP contribution in [-0.4, -0.2) is 17.6 Å². The minimum absolute atomic E-state index is 0.0841. The van der Waals surface area contributed by atoms with Crippen molar-refractivity contribution < 1.29 is 9.53 Å². The average Bonchev–Trinajstić information content (AvgIpc) is 2.48. The summed E-state index contributed by atoms with van der Waals surface area (Å²) in [5.74, 6) is 0. The van der Waals surface area contributed by atoms with Crippen molar-refractivity contribution in [2.45, 2.75) is 6.92 Å². The van der Waals surface area contributed by atoms with Crippen LogP contribution < -0.4 is 5.32 Å². The Morgan fingerprint density at radius 1 is 1.14 bits per heavy atom. The van der Waals surface area contributed by atoms with Crippen LogP contribution in [0.2, 0.25) is 0 Å². The molecule has 0 saturated heterocycles. The van der Waals surface area contributed by atoms with Gasteiger partial charge in [-0.2, -0.15) is 0 Å². The van der Waals surface area contributed by atoms with Gasteiger partial charge in [-0.05, 0) is 36.8 Å². The molecule has 0 aromatic heterocycles. The van der Waals surface area contributed by atoms with Crippen molar-refractivity contribution in [3.63, 3.8) is 0 Å². The van der Waals surface area contributed by atoms with E-state index in [1.807, 2.05) is 43.3 Å². The second-order valence-electron chi connectivity index (χ2n) is 4.50. The van der Waals surface area contributed by atoms with Gasteiger partial charge in [0, 0.05) is 10.2 Å². The number of halogens is 1. The number of anilines is 1. The zero-order valence-corrected chi connectivity index (χ0v) is 13.8. The van der Waals surface area contributed by atoms with Gasteiger partial charge in [0.1, 0.15) is 6.61 Å². The van der Waals surface area contributed by atoms with Gasteiger partial charge in [0.25, 0.3) is 0 Å². The smallest absolute Gasteiger partial charge is 0.411 e. The van der Waals surface area contributed by atoms with Crippen molar-refractivity contribution in [1.29, 1.82) is 0 Å². The van der Waals surface area contributed by atoms with Crippen molar-refractivity contribution in [3.8, 4) is 0 Å². The zero-order valence-electron chi connectivity index (χ0n) is 11.4. The number of rotatable bonds is 4. The molecule has 0 fully saturated rings. The first-order valence-corrected chi connectivity index (χ1v) is 7.54. The molecule has 0 atom stereocenters. The third-order valence-corrected chi connectivity index (χ3v) is 3.68. The predicted molar refractivity (Wildman–Crippen MR) is 92.0 cm³/mol. The Kier molecular flexibility index (Phi) is 5.47. The number of benzene rings is 2. The number of hydrogen-bond donors (Lipinski definition) is 1. The number of amides is 1. The van der Waals surface area contributed by atoms with Crippen LogP contribution in [0.25, 0.3) is 0 Å². The molecule has 0 saturated carbocycles. The lowest BCUT2D eigenvalue weighted by Gasteiger charge is -2.08. The molecule has 108 valence electrons. The van der Waals surface area contributed by atoms with Gasteiger partial charge >= 0.3 is 6.09 Å². The van der Waals surface area contributed by atoms with Gasteiger partial charge in [-0.15, -0.1) is 0 Å². The van der Waals surface area contributed by atoms with Gasteiger partial charge in [-0.1, -0.05) is 58.0 Å². The molecule has 0 aliphatic carbocycles. The summed E-state index contributed by atoms with van der Waals surface area (Å²) >= 11 is 8.58. The Labute approximate surface area is 137 Å². The topological polar surface area (TPSA) is 38.3 Å². The molecule has 21 heavy (non-hydrogen) atoms. The number of nitrogens with one attached hydrogen (secondary N) is 1. The molecule has 0 bridgehead atoms. The van der Waals surface area contributed by atoms with Crippen molar-refractivity contribution in [3.05, 3.63) is 64.1 Å². The molecule has 0 heterocycles. The number of carbonyl (C=O) groups is 1. The number of aryl methyl sites for hydroxylation is 1. The van der Waals surface area contributed by atoms with Crippen molar-refractivity contribution in [2.24, 2.45) is 0 Å². The van der Waals surface area contributed by atoms with Gasteiger partial charge in [0.15, 0.2) is 0 Å². The van der Waals surface area contributed by atoms with E-state index in [1.165, 1.54) is 0 Å². The second kappa shape index (κ2) is 7.33. The fourth-order valence-electron chi connectivity index (χ4n) is 1.64. The molecule has 2 aromatic rings. The standard InChI is InChI=1S/C16H14BrNO2S/c1-11-2-4-12(5-3-11)15(21)10-20-16(19)18-14-8-6-13(17)7-9-14/h2-9H,10H2,1H3,(H,18,19). The third-order valence-electron chi connectivity index (χ3n) is 2.80. The van der Waals surface area contributed by atoms with E-state index in [1.54, 1.807) is 12.1 Å². The third kappa shape index (κ3) is 4.95. The Balaban J connectivity index is 1.84. The summed E-state index contributed by atoms with van der Waals surface area (Å²) in [5, 5.41) is 2.64. The maximum atomic E-state index is 11.7. The number of hydrogen-bond acceptors (Lipinski definition) is 3. The zero-order chi connectivity index (χ0) is 15.2. The van der Waals surface area contributed by atoms with E-state index in [4.69, 9.17) is 17.0 Å². The maximum absolute atomic E-state index is 11.7. The summed E-state index contributed by atoms with van der Waals surface area (Å²) < 4.78 is 6.07. The van der Waals surface area contributed by atoms with Crippen molar-refractivity contribution in [2.75, 3.05) is 11.9 Å². The van der Waals surface area contributed by atoms with E-state index < -0.39 is 6.09 Å². The van der Waals surface area contributed by atoms with Gasteiger partial charge in [0.2, 0.25) is 0 Å². The number of ether oxygens (including phenoxy) is 1. The first-order chi connectivity index (χ1) is 10.0. The van der Waals surface area contributed by atoms with Gasteiger partial charge < -0.3 is 4.74 Å². The largest absolute Gasteiger partial charge is 0.444 e. The van der Waals surface area contributed by atoms with E-state index in [0.29, 0.717) is 10.6 Å². The van der Waals surface area contributed by atoms with E-state index in [0.717, 1.165) is 15.6 Å². The Bertz CT molecular complexity index is 638. The van der Waals surface area contributed by atoms with Crippen LogP contribution in [0.5, 0.6) is 0 Å². The highest BCUT2D eigenvalue weighted by Gasteiger charge is 2.07. The highest BCUT2D eigenvalue weighted by molar-refractivity contribution is 9.10. The molecule has 5 heteroatoms. The molecule has 0 aliphatic rings. The van der Waals surface area contributed by atoms with Crippen LogP contribution in [-0.2, 0) is 4.74 Å². The lowest BCUT2D eigenvalue weighted by atomic mass is 10.1. The van der Waals surface area contributed by atoms with Gasteiger partial charge in [-0.3, -0.25) is 5.32 Å². The molecule has 2 aromatic carbocycles. The minimum atomic E-state index is -0.521. The summed E-state index contributed by atoms with van der Waals surface area (Å²) in [5.41, 5.74) is 2.73. The Hall–Kier alpha value is -1.72. The molecule has 0 radical (unpaired) electrons. The van der Waals surface area contributed by atoms with Crippen LogP contribution in [0, 0.1) is 6.92 Å². The normalized spacial score (nSPS) is 10.0. The first kappa shape index (κ1) is 15.7. The number of carbonyl (C=O) groups excluding carboxylic acids is 1. The second-order valence-corrected chi connectivity index (χ2v) is 5.91. The van der Waals surface area contributed by atoms with Crippen molar-refractivity contribution in [1.82, 2.24) is 0 Å². The summed E-state index contributed by atoms with van der Waals surface area (Å²) in [6.45, 7) is 2.09.